The Hall–Kier alpha value is -5.82. The minimum absolute atomic E-state index is 0.440. The second-order valence-corrected chi connectivity index (χ2v) is 10.9. The van der Waals surface area contributed by atoms with Crippen molar-refractivity contribution in [3.63, 3.8) is 0 Å². The highest BCUT2D eigenvalue weighted by atomic mass is 16.5. The van der Waals surface area contributed by atoms with Crippen LogP contribution < -0.4 is 14.2 Å². The third kappa shape index (κ3) is 4.13. The van der Waals surface area contributed by atoms with Crippen molar-refractivity contribution < 1.29 is 13.7 Å². The highest BCUT2D eigenvalue weighted by Crippen LogP contribution is 2.56. The molecule has 0 aliphatic carbocycles. The normalized spacial score (nSPS) is 12.1. The zero-order valence-corrected chi connectivity index (χ0v) is 24.5. The molecule has 0 saturated carbocycles. The number of hydrogen-bond donors (Lipinski definition) is 0. The zero-order valence-electron chi connectivity index (χ0n) is 24.5. The first-order valence-electron chi connectivity index (χ1n) is 14.5. The van der Waals surface area contributed by atoms with Crippen molar-refractivity contribution in [2.45, 2.75) is 13.8 Å². The molecule has 0 saturated heterocycles. The second-order valence-electron chi connectivity index (χ2n) is 10.9. The van der Waals surface area contributed by atoms with Crippen molar-refractivity contribution in [1.82, 2.24) is 15.0 Å². The van der Waals surface area contributed by atoms with Crippen molar-refractivity contribution in [3.05, 3.63) is 127 Å². The molecule has 4 aromatic carbocycles. The van der Waals surface area contributed by atoms with Crippen molar-refractivity contribution in [2.75, 3.05) is 4.90 Å². The van der Waals surface area contributed by atoms with Crippen molar-refractivity contribution in [3.8, 4) is 45.5 Å². The molecule has 0 atom stereocenters. The summed E-state index contributed by atoms with van der Waals surface area (Å²) in [5.74, 6) is 3.43. The average molecular weight is 575 g/mol. The maximum Gasteiger partial charge on any atom is 0.251 e. The molecular formula is C37H28N5O2+. The van der Waals surface area contributed by atoms with Crippen LogP contribution in [0.15, 0.2) is 120 Å². The molecule has 0 unspecified atom stereocenters. The molecule has 0 amide bonds. The lowest BCUT2D eigenvalue weighted by atomic mass is 9.98. The number of ether oxygens (including phenoxy) is 1. The lowest BCUT2D eigenvalue weighted by molar-refractivity contribution is -0.660. The summed E-state index contributed by atoms with van der Waals surface area (Å²) in [6.07, 6.45) is 2.04. The molecule has 0 fully saturated rings. The summed E-state index contributed by atoms with van der Waals surface area (Å²) in [6.45, 7) is 4.21. The van der Waals surface area contributed by atoms with Crippen LogP contribution in [0, 0.1) is 13.8 Å². The van der Waals surface area contributed by atoms with Crippen LogP contribution in [0.3, 0.4) is 0 Å². The number of anilines is 3. The molecule has 1 aliphatic rings. The Kier molecular flexibility index (Phi) is 5.98. The van der Waals surface area contributed by atoms with Gasteiger partial charge in [0.2, 0.25) is 11.6 Å². The van der Waals surface area contributed by atoms with Gasteiger partial charge in [0.15, 0.2) is 34.9 Å². The van der Waals surface area contributed by atoms with E-state index in [0.717, 1.165) is 50.2 Å². The molecule has 0 radical (unpaired) electrons. The van der Waals surface area contributed by atoms with Gasteiger partial charge in [0.25, 0.3) is 5.88 Å². The fraction of sp³-hybridized carbons (Fsp3) is 0.0811. The van der Waals surface area contributed by atoms with E-state index in [4.69, 9.17) is 24.1 Å². The maximum absolute atomic E-state index is 6.89. The number of aromatic nitrogens is 4. The van der Waals surface area contributed by atoms with Crippen LogP contribution in [-0.4, -0.2) is 15.0 Å². The predicted octanol–water partition coefficient (Wildman–Crippen LogP) is 8.64. The third-order valence-corrected chi connectivity index (χ3v) is 8.02. The van der Waals surface area contributed by atoms with Gasteiger partial charge in [-0.2, -0.15) is 9.97 Å². The Morgan fingerprint density at radius 3 is 2.00 bits per heavy atom. The van der Waals surface area contributed by atoms with Gasteiger partial charge in [-0.15, -0.1) is 0 Å². The molecule has 0 spiro atoms. The molecule has 7 heteroatoms. The first kappa shape index (κ1) is 25.9. The monoisotopic (exact) mass is 574 g/mol. The van der Waals surface area contributed by atoms with Gasteiger partial charge in [0.1, 0.15) is 7.05 Å². The summed E-state index contributed by atoms with van der Waals surface area (Å²) in [5.41, 5.74) is 7.57. The van der Waals surface area contributed by atoms with E-state index in [2.05, 4.69) is 30.5 Å². The van der Waals surface area contributed by atoms with Crippen LogP contribution in [0.1, 0.15) is 11.1 Å². The smallest absolute Gasteiger partial charge is 0.251 e. The van der Waals surface area contributed by atoms with E-state index in [9.17, 15) is 0 Å². The largest absolute Gasteiger partial charge is 0.449 e. The molecule has 212 valence electrons. The number of rotatable bonds is 4. The predicted molar refractivity (Wildman–Crippen MR) is 171 cm³/mol. The fourth-order valence-electron chi connectivity index (χ4n) is 5.97. The van der Waals surface area contributed by atoms with E-state index >= 15 is 0 Å². The van der Waals surface area contributed by atoms with Crippen LogP contribution in [-0.2, 0) is 7.05 Å². The number of furan rings is 1. The summed E-state index contributed by atoms with van der Waals surface area (Å²) in [6, 6.07) is 36.2. The van der Waals surface area contributed by atoms with E-state index in [0.29, 0.717) is 35.0 Å². The van der Waals surface area contributed by atoms with Gasteiger partial charge in [-0.25, -0.2) is 14.5 Å². The number of aryl methyl sites for hydroxylation is 3. The molecule has 44 heavy (non-hydrogen) atoms. The average Bonchev–Trinajstić information content (AvgIpc) is 3.44. The molecule has 3 aromatic heterocycles. The number of nitrogens with zero attached hydrogens (tertiary/aromatic N) is 5. The van der Waals surface area contributed by atoms with Crippen LogP contribution in [0.2, 0.25) is 0 Å². The van der Waals surface area contributed by atoms with Gasteiger partial charge < -0.3 is 9.15 Å². The Morgan fingerprint density at radius 1 is 0.682 bits per heavy atom. The standard InChI is InChI=1S/C37H28N5O2/c1-23-22-24(2)31-32(30(23)28-19-12-13-21-41(28)3)44-36-33(31)43-29-20-11-10-18-27(29)42(36)37-39-34(25-14-6-4-7-15-25)38-35(40-37)26-16-8-5-9-17-26/h4-22H,1-3H3/q+1. The number of pyridine rings is 1. The van der Waals surface area contributed by atoms with Crippen LogP contribution >= 0.6 is 0 Å². The molecule has 4 heterocycles. The SMILES string of the molecule is Cc1cc(C)c2c3c(oc2c1-c1cccc[n+]1C)N(c1nc(-c2ccccc2)nc(-c2ccccc2)n1)c1ccccc1O3. The van der Waals surface area contributed by atoms with Crippen molar-refractivity contribution in [2.24, 2.45) is 7.05 Å². The summed E-state index contributed by atoms with van der Waals surface area (Å²) >= 11 is 0. The lowest BCUT2D eigenvalue weighted by Gasteiger charge is -2.28. The van der Waals surface area contributed by atoms with Gasteiger partial charge in [-0.05, 0) is 43.2 Å². The molecule has 0 bridgehead atoms. The number of para-hydroxylation sites is 2. The Bertz CT molecular complexity index is 2130. The molecule has 7 nitrogen and oxygen atoms in total. The minimum atomic E-state index is 0.440. The zero-order chi connectivity index (χ0) is 29.8. The van der Waals surface area contributed by atoms with Gasteiger partial charge >= 0.3 is 0 Å². The van der Waals surface area contributed by atoms with Gasteiger partial charge in [0, 0.05) is 23.3 Å². The second kappa shape index (κ2) is 10.2. The van der Waals surface area contributed by atoms with E-state index in [1.165, 1.54) is 0 Å². The maximum atomic E-state index is 6.89. The Morgan fingerprint density at radius 2 is 1.32 bits per heavy atom. The van der Waals surface area contributed by atoms with Gasteiger partial charge in [-0.1, -0.05) is 78.9 Å². The fourth-order valence-corrected chi connectivity index (χ4v) is 5.97. The lowest BCUT2D eigenvalue weighted by Crippen LogP contribution is -2.30. The van der Waals surface area contributed by atoms with Crippen molar-refractivity contribution >= 4 is 28.5 Å². The van der Waals surface area contributed by atoms with Crippen LogP contribution in [0.5, 0.6) is 11.5 Å². The summed E-state index contributed by atoms with van der Waals surface area (Å²) < 4.78 is 15.6. The molecule has 0 N–H and O–H groups in total. The summed E-state index contributed by atoms with van der Waals surface area (Å²) in [5, 5.41) is 0.921. The minimum Gasteiger partial charge on any atom is -0.449 e. The first-order chi connectivity index (χ1) is 21.6. The topological polar surface area (TPSA) is 68.2 Å². The molecule has 8 rings (SSSR count). The third-order valence-electron chi connectivity index (χ3n) is 8.02. The first-order valence-corrected chi connectivity index (χ1v) is 14.5. The van der Waals surface area contributed by atoms with Crippen LogP contribution in [0.4, 0.5) is 17.5 Å². The highest BCUT2D eigenvalue weighted by molar-refractivity contribution is 6.04. The van der Waals surface area contributed by atoms with Gasteiger partial charge in [-0.3, -0.25) is 0 Å². The Labute approximate surface area is 254 Å². The Balaban J connectivity index is 1.43. The van der Waals surface area contributed by atoms with E-state index in [-0.39, 0.29) is 0 Å². The summed E-state index contributed by atoms with van der Waals surface area (Å²) in [7, 11) is 2.04. The number of fused-ring (bicyclic) bond motifs is 4. The molecule has 1 aliphatic heterocycles. The van der Waals surface area contributed by atoms with Gasteiger partial charge in [0.05, 0.1) is 16.6 Å². The summed E-state index contributed by atoms with van der Waals surface area (Å²) in [4.78, 5) is 16.9. The van der Waals surface area contributed by atoms with E-state index in [1.54, 1.807) is 0 Å². The molecular weight excluding hydrogens is 546 g/mol. The number of hydrogen-bond acceptors (Lipinski definition) is 6. The number of benzene rings is 4. The van der Waals surface area contributed by atoms with Crippen molar-refractivity contribution in [1.29, 1.82) is 0 Å². The highest BCUT2D eigenvalue weighted by Gasteiger charge is 2.36. The van der Waals surface area contributed by atoms with Crippen LogP contribution in [0.25, 0.3) is 45.0 Å². The van der Waals surface area contributed by atoms with E-state index < -0.39 is 0 Å². The quantitative estimate of drug-likeness (QED) is 0.196. The molecule has 7 aromatic rings. The van der Waals surface area contributed by atoms with E-state index in [1.807, 2.05) is 115 Å².